The number of rotatable bonds is 5. The molecule has 1 unspecified atom stereocenters. The van der Waals surface area contributed by atoms with Crippen molar-refractivity contribution in [1.82, 2.24) is 0 Å². The normalized spacial score (nSPS) is 12.2. The molecule has 2 rings (SSSR count). The van der Waals surface area contributed by atoms with Gasteiger partial charge in [0.15, 0.2) is 0 Å². The molecule has 1 nitrogen and oxygen atoms in total. The van der Waals surface area contributed by atoms with Crippen LogP contribution < -0.4 is 5.32 Å². The Labute approximate surface area is 126 Å². The zero-order valence-corrected chi connectivity index (χ0v) is 12.8. The molecule has 1 N–H and O–H groups in total. The van der Waals surface area contributed by atoms with E-state index in [0.717, 1.165) is 6.42 Å². The summed E-state index contributed by atoms with van der Waals surface area (Å²) in [6, 6.07) is 12.6. The monoisotopic (exact) mass is 339 g/mol. The van der Waals surface area contributed by atoms with Crippen molar-refractivity contribution in [3.63, 3.8) is 0 Å². The largest absolute Gasteiger partial charge is 0.380 e. The van der Waals surface area contributed by atoms with Gasteiger partial charge in [-0.15, -0.1) is 0 Å². The van der Waals surface area contributed by atoms with Crippen LogP contribution in [0.25, 0.3) is 0 Å². The maximum atomic E-state index is 13.6. The number of halogens is 3. The average molecular weight is 340 g/mol. The molecule has 0 saturated carbocycles. The Balaban J connectivity index is 1.94. The van der Waals surface area contributed by atoms with E-state index in [2.05, 4.69) is 40.3 Å². The summed E-state index contributed by atoms with van der Waals surface area (Å²) in [5.74, 6) is -0.821. The first-order valence-electron chi connectivity index (χ1n) is 6.51. The average Bonchev–Trinajstić information content (AvgIpc) is 2.42. The molecule has 0 aliphatic heterocycles. The second-order valence-corrected chi connectivity index (χ2v) is 5.69. The second-order valence-electron chi connectivity index (χ2n) is 4.77. The highest BCUT2D eigenvalue weighted by Crippen LogP contribution is 2.24. The van der Waals surface area contributed by atoms with Gasteiger partial charge in [0.1, 0.15) is 17.3 Å². The van der Waals surface area contributed by atoms with Crippen LogP contribution in [0.4, 0.5) is 14.5 Å². The van der Waals surface area contributed by atoms with Crippen LogP contribution in [0.2, 0.25) is 0 Å². The fourth-order valence-electron chi connectivity index (χ4n) is 2.07. The molecule has 1 atom stereocenters. The lowest BCUT2D eigenvalue weighted by Gasteiger charge is -2.14. The smallest absolute Gasteiger partial charge is 0.150 e. The summed E-state index contributed by atoms with van der Waals surface area (Å²) in [4.78, 5) is 0. The summed E-state index contributed by atoms with van der Waals surface area (Å²) < 4.78 is 27.7. The van der Waals surface area contributed by atoms with Crippen molar-refractivity contribution < 1.29 is 8.78 Å². The summed E-state index contributed by atoms with van der Waals surface area (Å²) in [5.41, 5.74) is 1.17. The Morgan fingerprint density at radius 3 is 2.30 bits per heavy atom. The van der Waals surface area contributed by atoms with Crippen molar-refractivity contribution in [1.29, 1.82) is 0 Å². The zero-order valence-electron chi connectivity index (χ0n) is 11.2. The fourth-order valence-corrected chi connectivity index (χ4v) is 2.47. The SMILES string of the molecule is CC(CCNc1c(F)cc(Br)cc1F)c1ccccc1. The van der Waals surface area contributed by atoms with Crippen LogP contribution in [-0.2, 0) is 0 Å². The van der Waals surface area contributed by atoms with Crippen molar-refractivity contribution in [2.75, 3.05) is 11.9 Å². The van der Waals surface area contributed by atoms with Crippen LogP contribution >= 0.6 is 15.9 Å². The van der Waals surface area contributed by atoms with Crippen molar-refractivity contribution in [3.8, 4) is 0 Å². The quantitative estimate of drug-likeness (QED) is 0.775. The highest BCUT2D eigenvalue weighted by molar-refractivity contribution is 9.10. The molecular weight excluding hydrogens is 324 g/mol. The van der Waals surface area contributed by atoms with Crippen LogP contribution in [0.5, 0.6) is 0 Å². The molecule has 0 saturated heterocycles. The van der Waals surface area contributed by atoms with E-state index in [-0.39, 0.29) is 5.69 Å². The lowest BCUT2D eigenvalue weighted by molar-refractivity contribution is 0.584. The Hall–Kier alpha value is -1.42. The first-order chi connectivity index (χ1) is 9.58. The molecular formula is C16H16BrF2N. The van der Waals surface area contributed by atoms with Crippen molar-refractivity contribution in [2.45, 2.75) is 19.3 Å². The van der Waals surface area contributed by atoms with Crippen LogP contribution in [0.15, 0.2) is 46.9 Å². The van der Waals surface area contributed by atoms with Crippen LogP contribution in [0.1, 0.15) is 24.8 Å². The van der Waals surface area contributed by atoms with E-state index in [4.69, 9.17) is 0 Å². The number of hydrogen-bond acceptors (Lipinski definition) is 1. The minimum atomic E-state index is -0.579. The van der Waals surface area contributed by atoms with Gasteiger partial charge in [-0.3, -0.25) is 0 Å². The Kier molecular flexibility index (Phi) is 5.12. The van der Waals surface area contributed by atoms with Crippen molar-refractivity contribution in [3.05, 3.63) is 64.1 Å². The first-order valence-corrected chi connectivity index (χ1v) is 7.30. The van der Waals surface area contributed by atoms with Gasteiger partial charge in [-0.05, 0) is 30.0 Å². The molecule has 0 radical (unpaired) electrons. The van der Waals surface area contributed by atoms with Crippen LogP contribution in [0, 0.1) is 11.6 Å². The predicted octanol–water partition coefficient (Wildman–Crippen LogP) is 5.33. The predicted molar refractivity (Wildman–Crippen MR) is 82.0 cm³/mol. The zero-order chi connectivity index (χ0) is 14.5. The maximum Gasteiger partial charge on any atom is 0.150 e. The molecule has 0 aliphatic rings. The molecule has 20 heavy (non-hydrogen) atoms. The molecule has 0 spiro atoms. The van der Waals surface area contributed by atoms with Gasteiger partial charge in [-0.25, -0.2) is 8.78 Å². The maximum absolute atomic E-state index is 13.6. The standard InChI is InChI=1S/C16H16BrF2N/c1-11(12-5-3-2-4-6-12)7-8-20-16-14(18)9-13(17)10-15(16)19/h2-6,9-11,20H,7-8H2,1H3. The van der Waals surface area contributed by atoms with E-state index in [9.17, 15) is 8.78 Å². The summed E-state index contributed by atoms with van der Waals surface area (Å²) in [7, 11) is 0. The third-order valence-corrected chi connectivity index (χ3v) is 3.71. The van der Waals surface area contributed by atoms with Gasteiger partial charge in [0.25, 0.3) is 0 Å². The number of anilines is 1. The molecule has 0 heterocycles. The van der Waals surface area contributed by atoms with Gasteiger partial charge in [-0.1, -0.05) is 53.2 Å². The number of hydrogen-bond donors (Lipinski definition) is 1. The molecule has 0 aromatic heterocycles. The topological polar surface area (TPSA) is 12.0 Å². The molecule has 106 valence electrons. The molecule has 0 fully saturated rings. The van der Waals surface area contributed by atoms with E-state index in [0.29, 0.717) is 16.9 Å². The minimum Gasteiger partial charge on any atom is -0.380 e. The van der Waals surface area contributed by atoms with E-state index in [1.54, 1.807) is 0 Å². The Bertz CT molecular complexity index is 549. The van der Waals surface area contributed by atoms with Gasteiger partial charge < -0.3 is 5.32 Å². The fraction of sp³-hybridized carbons (Fsp3) is 0.250. The Morgan fingerprint density at radius 1 is 1.10 bits per heavy atom. The summed E-state index contributed by atoms with van der Waals surface area (Å²) >= 11 is 3.06. The molecule has 0 aliphatic carbocycles. The first kappa shape index (κ1) is 15.0. The van der Waals surface area contributed by atoms with Gasteiger partial charge in [0, 0.05) is 11.0 Å². The van der Waals surface area contributed by atoms with E-state index in [1.165, 1.54) is 17.7 Å². The molecule has 0 amide bonds. The molecule has 2 aromatic rings. The minimum absolute atomic E-state index is 0.0616. The third kappa shape index (κ3) is 3.79. The number of nitrogens with one attached hydrogen (secondary N) is 1. The second kappa shape index (κ2) is 6.84. The molecule has 0 bridgehead atoms. The summed E-state index contributed by atoms with van der Waals surface area (Å²) in [6.07, 6.45) is 0.805. The van der Waals surface area contributed by atoms with Crippen LogP contribution in [0.3, 0.4) is 0 Å². The molecule has 4 heteroatoms. The third-order valence-electron chi connectivity index (χ3n) is 3.25. The lowest BCUT2D eigenvalue weighted by Crippen LogP contribution is -2.08. The van der Waals surface area contributed by atoms with E-state index < -0.39 is 11.6 Å². The van der Waals surface area contributed by atoms with Crippen molar-refractivity contribution >= 4 is 21.6 Å². The summed E-state index contributed by atoms with van der Waals surface area (Å²) in [6.45, 7) is 2.62. The summed E-state index contributed by atoms with van der Waals surface area (Å²) in [5, 5.41) is 2.84. The van der Waals surface area contributed by atoms with Gasteiger partial charge >= 0.3 is 0 Å². The van der Waals surface area contributed by atoms with Gasteiger partial charge in [-0.2, -0.15) is 0 Å². The highest BCUT2D eigenvalue weighted by Gasteiger charge is 2.11. The van der Waals surface area contributed by atoms with Crippen molar-refractivity contribution in [2.24, 2.45) is 0 Å². The molecule has 2 aromatic carbocycles. The Morgan fingerprint density at radius 2 is 1.70 bits per heavy atom. The van der Waals surface area contributed by atoms with E-state index in [1.807, 2.05) is 18.2 Å². The van der Waals surface area contributed by atoms with E-state index >= 15 is 0 Å². The highest BCUT2D eigenvalue weighted by atomic mass is 79.9. The van der Waals surface area contributed by atoms with Crippen LogP contribution in [-0.4, -0.2) is 6.54 Å². The lowest BCUT2D eigenvalue weighted by atomic mass is 9.98. The van der Waals surface area contributed by atoms with Gasteiger partial charge in [0.2, 0.25) is 0 Å². The van der Waals surface area contributed by atoms with Gasteiger partial charge in [0.05, 0.1) is 0 Å². The number of benzene rings is 2.